The number of non-ortho nitro benzene ring substituents is 1. The average Bonchev–Trinajstić information content (AvgIpc) is 3.04. The summed E-state index contributed by atoms with van der Waals surface area (Å²) < 4.78 is 10.8. The number of hydrogen-bond acceptors (Lipinski definition) is 7. The Labute approximate surface area is 178 Å². The van der Waals surface area contributed by atoms with Crippen molar-refractivity contribution >= 4 is 28.8 Å². The number of aryl methyl sites for hydroxylation is 1. The van der Waals surface area contributed by atoms with Crippen LogP contribution in [-0.4, -0.2) is 55.1 Å². The Bertz CT molecular complexity index is 1090. The Morgan fingerprint density at radius 2 is 1.71 bits per heavy atom. The Hall–Kier alpha value is -3.72. The molecular formula is C22H21N3O6. The molecule has 0 aromatic heterocycles. The maximum atomic E-state index is 13.6. The maximum absolute atomic E-state index is 13.6. The number of carbonyl (C=O) groups excluding carboxylic acids is 2. The minimum Gasteiger partial charge on any atom is -0.495 e. The van der Waals surface area contributed by atoms with Crippen LogP contribution in [0.5, 0.6) is 5.75 Å². The van der Waals surface area contributed by atoms with Gasteiger partial charge >= 0.3 is 0 Å². The molecule has 2 aromatic rings. The van der Waals surface area contributed by atoms with E-state index in [1.54, 1.807) is 12.1 Å². The lowest BCUT2D eigenvalue weighted by molar-refractivity contribution is -0.384. The third kappa shape index (κ3) is 3.64. The van der Waals surface area contributed by atoms with Gasteiger partial charge in [0.1, 0.15) is 11.4 Å². The number of anilines is 1. The molecule has 9 nitrogen and oxygen atoms in total. The third-order valence-corrected chi connectivity index (χ3v) is 5.33. The van der Waals surface area contributed by atoms with Crippen molar-refractivity contribution < 1.29 is 24.0 Å². The van der Waals surface area contributed by atoms with Gasteiger partial charge in [-0.25, -0.2) is 4.90 Å². The normalized spacial score (nSPS) is 16.8. The van der Waals surface area contributed by atoms with Crippen LogP contribution in [0, 0.1) is 17.0 Å². The summed E-state index contributed by atoms with van der Waals surface area (Å²) in [5.41, 5.74) is 2.06. The second kappa shape index (κ2) is 8.19. The first-order chi connectivity index (χ1) is 14.9. The highest BCUT2D eigenvalue weighted by Crippen LogP contribution is 2.39. The van der Waals surface area contributed by atoms with Crippen molar-refractivity contribution in [2.24, 2.45) is 0 Å². The number of imide groups is 1. The van der Waals surface area contributed by atoms with Crippen molar-refractivity contribution in [3.8, 4) is 5.75 Å². The highest BCUT2D eigenvalue weighted by atomic mass is 16.6. The number of morpholine rings is 1. The zero-order chi connectivity index (χ0) is 22.1. The number of carbonyl (C=O) groups is 2. The van der Waals surface area contributed by atoms with Gasteiger partial charge in [0, 0.05) is 25.2 Å². The van der Waals surface area contributed by atoms with Gasteiger partial charge in [0.25, 0.3) is 17.5 Å². The van der Waals surface area contributed by atoms with Gasteiger partial charge in [0.15, 0.2) is 0 Å². The van der Waals surface area contributed by atoms with Crippen LogP contribution in [0.4, 0.5) is 11.4 Å². The van der Waals surface area contributed by atoms with E-state index >= 15 is 0 Å². The number of nitrogens with zero attached hydrogens (tertiary/aromatic N) is 3. The molecule has 4 rings (SSSR count). The van der Waals surface area contributed by atoms with E-state index in [0.29, 0.717) is 43.3 Å². The van der Waals surface area contributed by atoms with Gasteiger partial charge in [-0.05, 0) is 42.3 Å². The molecule has 2 aliphatic heterocycles. The zero-order valence-electron chi connectivity index (χ0n) is 17.2. The van der Waals surface area contributed by atoms with Crippen LogP contribution in [0.1, 0.15) is 11.1 Å². The molecule has 0 bridgehead atoms. The highest BCUT2D eigenvalue weighted by Gasteiger charge is 2.43. The number of benzene rings is 2. The molecule has 0 spiro atoms. The number of nitro groups is 1. The molecular weight excluding hydrogens is 402 g/mol. The zero-order valence-corrected chi connectivity index (χ0v) is 17.2. The molecule has 0 atom stereocenters. The largest absolute Gasteiger partial charge is 0.495 e. The summed E-state index contributed by atoms with van der Waals surface area (Å²) in [6, 6.07) is 10.9. The molecule has 1 saturated heterocycles. The van der Waals surface area contributed by atoms with Crippen molar-refractivity contribution in [3.05, 3.63) is 69.4 Å². The van der Waals surface area contributed by atoms with Crippen LogP contribution in [0.15, 0.2) is 48.2 Å². The number of methoxy groups -OCH3 is 1. The highest BCUT2D eigenvalue weighted by molar-refractivity contribution is 6.45. The lowest BCUT2D eigenvalue weighted by atomic mass is 10.0. The summed E-state index contributed by atoms with van der Waals surface area (Å²) in [5, 5.41) is 11.0. The van der Waals surface area contributed by atoms with E-state index in [2.05, 4.69) is 0 Å². The molecule has 0 radical (unpaired) electrons. The Kier molecular flexibility index (Phi) is 5.43. The molecule has 0 unspecified atom stereocenters. The van der Waals surface area contributed by atoms with Gasteiger partial charge in [0.05, 0.1) is 36.5 Å². The summed E-state index contributed by atoms with van der Waals surface area (Å²) >= 11 is 0. The molecule has 2 aromatic carbocycles. The Morgan fingerprint density at radius 1 is 1.03 bits per heavy atom. The summed E-state index contributed by atoms with van der Waals surface area (Å²) in [5.74, 6) is -0.549. The summed E-state index contributed by atoms with van der Waals surface area (Å²) in [6.07, 6.45) is 0. The van der Waals surface area contributed by atoms with Crippen molar-refractivity contribution in [1.82, 2.24) is 4.90 Å². The van der Waals surface area contributed by atoms with Gasteiger partial charge in [0.2, 0.25) is 0 Å². The van der Waals surface area contributed by atoms with E-state index in [4.69, 9.17) is 9.47 Å². The van der Waals surface area contributed by atoms with Crippen LogP contribution in [0.2, 0.25) is 0 Å². The number of hydrogen-bond donors (Lipinski definition) is 0. The fourth-order valence-electron chi connectivity index (χ4n) is 3.80. The predicted molar refractivity (Wildman–Crippen MR) is 113 cm³/mol. The lowest BCUT2D eigenvalue weighted by Crippen LogP contribution is -2.40. The van der Waals surface area contributed by atoms with Crippen LogP contribution in [0.3, 0.4) is 0 Å². The fraction of sp³-hybridized carbons (Fsp3) is 0.273. The molecule has 1 fully saturated rings. The first kappa shape index (κ1) is 20.5. The van der Waals surface area contributed by atoms with Crippen LogP contribution >= 0.6 is 0 Å². The Balaban J connectivity index is 1.85. The fourth-order valence-corrected chi connectivity index (χ4v) is 3.80. The molecule has 2 heterocycles. The summed E-state index contributed by atoms with van der Waals surface area (Å²) in [4.78, 5) is 40.6. The van der Waals surface area contributed by atoms with Gasteiger partial charge in [-0.1, -0.05) is 6.07 Å². The minimum absolute atomic E-state index is 0.0914. The SMILES string of the molecule is COc1ccc(C)cc1N1C(=O)C(c2ccc([N+](=O)[O-])cc2)=C(N2CCOCC2)C1=O. The van der Waals surface area contributed by atoms with Crippen molar-refractivity contribution in [1.29, 1.82) is 0 Å². The molecule has 2 aliphatic rings. The second-order valence-corrected chi connectivity index (χ2v) is 7.25. The molecule has 160 valence electrons. The average molecular weight is 423 g/mol. The number of ether oxygens (including phenoxy) is 2. The van der Waals surface area contributed by atoms with Crippen molar-refractivity contribution in [2.75, 3.05) is 38.3 Å². The first-order valence-electron chi connectivity index (χ1n) is 9.77. The predicted octanol–water partition coefficient (Wildman–Crippen LogP) is 2.53. The second-order valence-electron chi connectivity index (χ2n) is 7.25. The van der Waals surface area contributed by atoms with E-state index in [1.165, 1.54) is 31.4 Å². The quantitative estimate of drug-likeness (QED) is 0.414. The minimum atomic E-state index is -0.507. The third-order valence-electron chi connectivity index (χ3n) is 5.33. The standard InChI is InChI=1S/C22H21N3O6/c1-14-3-8-18(30-2)17(13-14)24-21(26)19(15-4-6-16(7-5-15)25(28)29)20(22(24)27)23-9-11-31-12-10-23/h3-8,13H,9-12H2,1-2H3. The number of rotatable bonds is 5. The Morgan fingerprint density at radius 3 is 2.32 bits per heavy atom. The first-order valence-corrected chi connectivity index (χ1v) is 9.77. The van der Waals surface area contributed by atoms with Gasteiger partial charge in [-0.15, -0.1) is 0 Å². The number of amides is 2. The van der Waals surface area contributed by atoms with Gasteiger partial charge < -0.3 is 14.4 Å². The topological polar surface area (TPSA) is 102 Å². The van der Waals surface area contributed by atoms with Crippen LogP contribution < -0.4 is 9.64 Å². The molecule has 0 saturated carbocycles. The number of nitro benzene ring substituents is 1. The smallest absolute Gasteiger partial charge is 0.282 e. The molecule has 0 aliphatic carbocycles. The lowest BCUT2D eigenvalue weighted by Gasteiger charge is -2.29. The van der Waals surface area contributed by atoms with Crippen LogP contribution in [-0.2, 0) is 14.3 Å². The molecule has 0 N–H and O–H groups in total. The molecule has 9 heteroatoms. The van der Waals surface area contributed by atoms with E-state index in [1.807, 2.05) is 17.9 Å². The van der Waals surface area contributed by atoms with Gasteiger partial charge in [-0.3, -0.25) is 19.7 Å². The molecule has 31 heavy (non-hydrogen) atoms. The maximum Gasteiger partial charge on any atom is 0.282 e. The van der Waals surface area contributed by atoms with Crippen molar-refractivity contribution in [2.45, 2.75) is 6.92 Å². The summed E-state index contributed by atoms with van der Waals surface area (Å²) in [6.45, 7) is 3.66. The summed E-state index contributed by atoms with van der Waals surface area (Å²) in [7, 11) is 1.48. The van der Waals surface area contributed by atoms with Crippen molar-refractivity contribution in [3.63, 3.8) is 0 Å². The molecule has 2 amide bonds. The van der Waals surface area contributed by atoms with E-state index < -0.39 is 16.7 Å². The van der Waals surface area contributed by atoms with Crippen LogP contribution in [0.25, 0.3) is 5.57 Å². The van der Waals surface area contributed by atoms with E-state index in [-0.39, 0.29) is 17.0 Å². The van der Waals surface area contributed by atoms with E-state index in [9.17, 15) is 19.7 Å². The van der Waals surface area contributed by atoms with E-state index in [0.717, 1.165) is 10.5 Å². The monoisotopic (exact) mass is 423 g/mol. The van der Waals surface area contributed by atoms with Gasteiger partial charge in [-0.2, -0.15) is 0 Å².